The maximum Gasteiger partial charge on any atom is 0.416 e. The third-order valence-electron chi connectivity index (χ3n) is 8.24. The third-order valence-corrected chi connectivity index (χ3v) is 8.24. The van der Waals surface area contributed by atoms with Crippen molar-refractivity contribution < 1.29 is 22.8 Å². The standard InChI is InChI=1S/C29H27F3N6O3.C6H4/c1-17-23-11-12-25(40)38(26(23)36-28(35-17)37-14-13-33-16-24(37)18(2)39)22-9-5-20(6-10-22)27(41)34-15-19-3-7-21(8-4-19)29(30,31)32;1-2-6-4-3-5(1)6/h3-12,24,33H,13-16H2,1-2H3,(H,34,41);1-4H. The minimum absolute atomic E-state index is 0.0174. The van der Waals surface area contributed by atoms with Gasteiger partial charge in [-0.15, -0.1) is 0 Å². The van der Waals surface area contributed by atoms with Crippen LogP contribution in [0.4, 0.5) is 19.1 Å². The highest BCUT2D eigenvalue weighted by atomic mass is 19.4. The first-order valence-corrected chi connectivity index (χ1v) is 15.0. The number of Topliss-reactive ketones (excluding diaryl/α,β-unsaturated/α-hetero) is 1. The molecule has 1 amide bonds. The summed E-state index contributed by atoms with van der Waals surface area (Å²) in [5.41, 5.74) is 4.10. The van der Waals surface area contributed by atoms with E-state index in [1.54, 1.807) is 30.3 Å². The lowest BCUT2D eigenvalue weighted by Crippen LogP contribution is -2.55. The quantitative estimate of drug-likeness (QED) is 0.262. The highest BCUT2D eigenvalue weighted by molar-refractivity contribution is 5.94. The number of amides is 1. The zero-order chi connectivity index (χ0) is 33.3. The van der Waals surface area contributed by atoms with Gasteiger partial charge in [-0.3, -0.25) is 19.0 Å². The Bertz CT molecular complexity index is 1990. The molecule has 2 aliphatic carbocycles. The number of alkyl halides is 3. The van der Waals surface area contributed by atoms with Crippen molar-refractivity contribution in [1.29, 1.82) is 0 Å². The van der Waals surface area contributed by atoms with E-state index < -0.39 is 23.7 Å². The van der Waals surface area contributed by atoms with Gasteiger partial charge in [-0.25, -0.2) is 4.98 Å². The molecule has 1 unspecified atom stereocenters. The van der Waals surface area contributed by atoms with Gasteiger partial charge in [-0.1, -0.05) is 36.4 Å². The summed E-state index contributed by atoms with van der Waals surface area (Å²) in [4.78, 5) is 49.2. The molecule has 4 aromatic rings. The number of halogens is 3. The Balaban J connectivity index is 0.000000570. The number of carbonyl (C=O) groups is 2. The zero-order valence-corrected chi connectivity index (χ0v) is 25.6. The molecule has 3 heterocycles. The van der Waals surface area contributed by atoms with Gasteiger partial charge in [0.15, 0.2) is 11.4 Å². The topological polar surface area (TPSA) is 109 Å². The largest absolute Gasteiger partial charge is 0.416 e. The molecule has 47 heavy (non-hydrogen) atoms. The molecule has 0 saturated carbocycles. The predicted molar refractivity (Wildman–Crippen MR) is 173 cm³/mol. The molecule has 1 aliphatic heterocycles. The summed E-state index contributed by atoms with van der Waals surface area (Å²) in [5, 5.41) is 6.57. The molecule has 7 rings (SSSR count). The van der Waals surface area contributed by atoms with Crippen LogP contribution in [0.2, 0.25) is 0 Å². The van der Waals surface area contributed by atoms with E-state index in [0.717, 1.165) is 12.1 Å². The summed E-state index contributed by atoms with van der Waals surface area (Å²) in [7, 11) is 0. The molecule has 1 atom stereocenters. The molecule has 2 N–H and O–H groups in total. The smallest absolute Gasteiger partial charge is 0.348 e. The second kappa shape index (κ2) is 12.8. The molecule has 2 aromatic heterocycles. The predicted octanol–water partition coefficient (Wildman–Crippen LogP) is 5.07. The Morgan fingerprint density at radius 3 is 2.15 bits per heavy atom. The minimum atomic E-state index is -4.43. The van der Waals surface area contributed by atoms with E-state index in [0.29, 0.717) is 59.1 Å². The van der Waals surface area contributed by atoms with Crippen LogP contribution in [0.15, 0.2) is 89.7 Å². The molecule has 9 nitrogen and oxygen atoms in total. The first-order chi connectivity index (χ1) is 22.5. The minimum Gasteiger partial charge on any atom is -0.348 e. The van der Waals surface area contributed by atoms with Crippen molar-refractivity contribution in [1.82, 2.24) is 25.2 Å². The first kappa shape index (κ1) is 31.6. The number of nitrogens with one attached hydrogen (secondary N) is 2. The lowest BCUT2D eigenvalue weighted by atomic mass is 9.95. The third kappa shape index (κ3) is 6.63. The second-order valence-electron chi connectivity index (χ2n) is 11.4. The highest BCUT2D eigenvalue weighted by Gasteiger charge is 2.30. The number of benzene rings is 3. The van der Waals surface area contributed by atoms with Crippen molar-refractivity contribution in [2.24, 2.45) is 0 Å². The highest BCUT2D eigenvalue weighted by Crippen LogP contribution is 2.30. The second-order valence-corrected chi connectivity index (χ2v) is 11.4. The maximum atomic E-state index is 13.0. The van der Waals surface area contributed by atoms with Gasteiger partial charge in [0, 0.05) is 43.2 Å². The fraction of sp³-hybridized carbons (Fsp3) is 0.229. The lowest BCUT2D eigenvalue weighted by molar-refractivity contribution is -0.137. The van der Waals surface area contributed by atoms with Crippen LogP contribution in [0.3, 0.4) is 0 Å². The molecule has 0 radical (unpaired) electrons. The van der Waals surface area contributed by atoms with Gasteiger partial charge in [0.05, 0.1) is 16.9 Å². The summed E-state index contributed by atoms with van der Waals surface area (Å²) < 4.78 is 39.8. The van der Waals surface area contributed by atoms with E-state index >= 15 is 0 Å². The summed E-state index contributed by atoms with van der Waals surface area (Å²) in [6.45, 7) is 5.05. The normalized spacial score (nSPS) is 15.1. The summed E-state index contributed by atoms with van der Waals surface area (Å²) >= 11 is 0. The van der Waals surface area contributed by atoms with Gasteiger partial charge in [0.25, 0.3) is 11.5 Å². The summed E-state index contributed by atoms with van der Waals surface area (Å²) in [5.74, 6) is -0.0809. The van der Waals surface area contributed by atoms with E-state index in [-0.39, 0.29) is 17.9 Å². The van der Waals surface area contributed by atoms with Gasteiger partial charge in [0.1, 0.15) is 6.04 Å². The maximum absolute atomic E-state index is 13.0. The van der Waals surface area contributed by atoms with Crippen molar-refractivity contribution in [3.63, 3.8) is 0 Å². The van der Waals surface area contributed by atoms with Gasteiger partial charge in [-0.05, 0) is 73.0 Å². The average Bonchev–Trinajstić information content (AvgIpc) is 3.05. The van der Waals surface area contributed by atoms with Gasteiger partial charge in [0.2, 0.25) is 5.95 Å². The van der Waals surface area contributed by atoms with E-state index in [9.17, 15) is 27.6 Å². The van der Waals surface area contributed by atoms with E-state index in [4.69, 9.17) is 4.98 Å². The van der Waals surface area contributed by atoms with Gasteiger partial charge in [-0.2, -0.15) is 18.2 Å². The molecule has 0 spiro atoms. The number of pyridine rings is 1. The van der Waals surface area contributed by atoms with Crippen molar-refractivity contribution in [2.75, 3.05) is 24.5 Å². The Labute approximate surface area is 268 Å². The number of aromatic nitrogens is 3. The van der Waals surface area contributed by atoms with Crippen molar-refractivity contribution in [2.45, 2.75) is 32.6 Å². The molecule has 2 aromatic carbocycles. The van der Waals surface area contributed by atoms with Crippen LogP contribution in [0, 0.1) is 6.92 Å². The first-order valence-electron chi connectivity index (χ1n) is 15.0. The molecule has 12 heteroatoms. The monoisotopic (exact) mass is 640 g/mol. The Morgan fingerprint density at radius 1 is 0.915 bits per heavy atom. The number of nitrogens with zero attached hydrogens (tertiary/aromatic N) is 4. The van der Waals surface area contributed by atoms with Crippen LogP contribution in [-0.2, 0) is 17.5 Å². The lowest BCUT2D eigenvalue weighted by Gasteiger charge is -2.34. The number of aryl methyl sites for hydroxylation is 1. The molecule has 3 aliphatic rings. The molecule has 1 saturated heterocycles. The van der Waals surface area contributed by atoms with Crippen LogP contribution in [0.1, 0.15) is 34.1 Å². The Morgan fingerprint density at radius 2 is 1.57 bits per heavy atom. The number of rotatable bonds is 6. The molecular formula is C35H31F3N6O3. The number of ketones is 1. The van der Waals surface area contributed by atoms with E-state index in [2.05, 4.69) is 39.9 Å². The molecule has 1 fully saturated rings. The number of fused-ring (bicyclic) bond motifs is 2. The van der Waals surface area contributed by atoms with E-state index in [1.165, 1.54) is 40.8 Å². The number of hydrogen-bond donors (Lipinski definition) is 2. The zero-order valence-electron chi connectivity index (χ0n) is 25.6. The molecule has 0 bridgehead atoms. The number of carbonyl (C=O) groups excluding carboxylic acids is 2. The molecular weight excluding hydrogens is 609 g/mol. The summed E-state index contributed by atoms with van der Waals surface area (Å²) in [6.07, 6.45) is -4.43. The van der Waals surface area contributed by atoms with Crippen LogP contribution in [-0.4, -0.2) is 51.9 Å². The van der Waals surface area contributed by atoms with Crippen LogP contribution in [0.25, 0.3) is 27.8 Å². The fourth-order valence-electron chi connectivity index (χ4n) is 5.46. The van der Waals surface area contributed by atoms with Crippen LogP contribution < -0.4 is 21.1 Å². The van der Waals surface area contributed by atoms with Gasteiger partial charge >= 0.3 is 6.18 Å². The number of anilines is 1. The summed E-state index contributed by atoms with van der Waals surface area (Å²) in [6, 6.07) is 22.1. The van der Waals surface area contributed by atoms with Crippen molar-refractivity contribution >= 4 is 28.7 Å². The number of hydrogen-bond acceptors (Lipinski definition) is 7. The Hall–Kier alpha value is -5.36. The van der Waals surface area contributed by atoms with E-state index in [1.807, 2.05) is 11.8 Å². The van der Waals surface area contributed by atoms with Crippen LogP contribution in [0.5, 0.6) is 0 Å². The molecule has 240 valence electrons. The SMILES string of the molecule is CC(=O)C1CNCCN1c1nc(C)c2ccc(=O)n(-c3ccc(C(=O)NCc4ccc(C(F)(F)F)cc4)cc3)c2n1.c1cc2ccc1-2. The fourth-order valence-corrected chi connectivity index (χ4v) is 5.46. The van der Waals surface area contributed by atoms with Gasteiger partial charge < -0.3 is 15.5 Å². The van der Waals surface area contributed by atoms with Crippen LogP contribution >= 0.6 is 0 Å². The average molecular weight is 641 g/mol. The Kier molecular flexibility index (Phi) is 8.61. The number of piperazine rings is 1. The van der Waals surface area contributed by atoms with Crippen molar-refractivity contribution in [3.8, 4) is 16.8 Å². The van der Waals surface area contributed by atoms with Crippen molar-refractivity contribution in [3.05, 3.63) is 118 Å².